The lowest BCUT2D eigenvalue weighted by atomic mass is 10.3. The first kappa shape index (κ1) is 29.1. The summed E-state index contributed by atoms with van der Waals surface area (Å²) in [5, 5.41) is 0. The molecular weight excluding hydrogens is 951 g/mol. The first-order valence-corrected chi connectivity index (χ1v) is 16.3. The monoisotopic (exact) mass is 957 g/mol. The molecule has 0 unspecified atom stereocenters. The molecule has 0 radical (unpaired) electrons. The van der Waals surface area contributed by atoms with Gasteiger partial charge in [0, 0.05) is 21.8 Å². The average Bonchev–Trinajstić information content (AvgIpc) is 2.65. The van der Waals surface area contributed by atoms with Gasteiger partial charge in [-0.15, -0.1) is 0 Å². The smallest absolute Gasteiger partial charge is 0.217 e. The van der Waals surface area contributed by atoms with Gasteiger partial charge in [0.1, 0.15) is 9.79 Å². The van der Waals surface area contributed by atoms with E-state index in [1.807, 2.05) is 13.8 Å². The molecule has 0 aliphatic heterocycles. The van der Waals surface area contributed by atoms with Crippen LogP contribution in [-0.2, 0) is 9.84 Å². The number of hydrogen-bond acceptors (Lipinski definition) is 4. The van der Waals surface area contributed by atoms with Crippen molar-refractivity contribution in [1.82, 2.24) is 0 Å². The lowest BCUT2D eigenvalue weighted by molar-refractivity contribution is 0.255. The third-order valence-corrected chi connectivity index (χ3v) is 10.6. The molecule has 0 atom stereocenters. The summed E-state index contributed by atoms with van der Waals surface area (Å²) in [7, 11) is -4.10. The van der Waals surface area contributed by atoms with Crippen LogP contribution in [0.3, 0.4) is 0 Å². The van der Waals surface area contributed by atoms with Gasteiger partial charge in [0.2, 0.25) is 16.7 Å². The van der Waals surface area contributed by atoms with Crippen molar-refractivity contribution in [3.63, 3.8) is 0 Å². The van der Waals surface area contributed by atoms with E-state index in [1.165, 1.54) is 12.1 Å². The minimum Gasteiger partial charge on any atom is -0.464 e. The molecule has 2 aromatic rings. The quantitative estimate of drug-likeness (QED) is 0.248. The van der Waals surface area contributed by atoms with Crippen molar-refractivity contribution in [2.75, 3.05) is 0 Å². The van der Waals surface area contributed by atoms with Crippen molar-refractivity contribution in [2.24, 2.45) is 0 Å². The Labute approximate surface area is 248 Å². The topological polar surface area (TPSA) is 52.6 Å². The zero-order chi connectivity index (χ0) is 23.8. The second-order valence-electron chi connectivity index (χ2n) is 6.12. The molecule has 0 bridgehead atoms. The second-order valence-corrected chi connectivity index (χ2v) is 18.8. The number of halogens is 8. The zero-order valence-electron chi connectivity index (χ0n) is 15.8. The molecule has 0 aliphatic carbocycles. The number of hydrogen-bond donors (Lipinski definition) is 0. The summed E-state index contributed by atoms with van der Waals surface area (Å²) in [5.41, 5.74) is 0. The Morgan fingerprint density at radius 1 is 0.710 bits per heavy atom. The number of sulfone groups is 1. The summed E-state index contributed by atoms with van der Waals surface area (Å²) >= 11 is 27.3. The van der Waals surface area contributed by atoms with Crippen LogP contribution in [-0.4, -0.2) is 15.3 Å². The third-order valence-electron chi connectivity index (χ3n) is 3.85. The predicted octanol–water partition coefficient (Wildman–Crippen LogP) is 10.0. The van der Waals surface area contributed by atoms with Crippen LogP contribution in [0.2, 0.25) is 0 Å². The third kappa shape index (κ3) is 7.41. The highest BCUT2D eigenvalue weighted by molar-refractivity contribution is 9.25. The molecule has 172 valence electrons. The maximum atomic E-state index is 13.9. The zero-order valence-corrected chi connectivity index (χ0v) is 29.3. The van der Waals surface area contributed by atoms with E-state index in [2.05, 4.69) is 127 Å². The molecule has 0 N–H and O–H groups in total. The van der Waals surface area contributed by atoms with Gasteiger partial charge in [-0.05, 0) is 120 Å². The van der Waals surface area contributed by atoms with E-state index < -0.39 is 16.7 Å². The fourth-order valence-corrected chi connectivity index (χ4v) is 7.65. The molecule has 0 amide bonds. The van der Waals surface area contributed by atoms with E-state index >= 15 is 0 Å². The Balaban J connectivity index is 2.82. The summed E-state index contributed by atoms with van der Waals surface area (Å²) in [6.45, 7) is 3.77. The van der Waals surface area contributed by atoms with Crippen LogP contribution in [0.5, 0.6) is 11.5 Å². The second kappa shape index (κ2) is 11.3. The highest BCUT2D eigenvalue weighted by atomic mass is 79.9. The highest BCUT2D eigenvalue weighted by Crippen LogP contribution is 2.48. The number of alkyl halides is 4. The molecule has 0 saturated heterocycles. The van der Waals surface area contributed by atoms with E-state index in [0.717, 1.165) is 0 Å². The van der Waals surface area contributed by atoms with Crippen LogP contribution < -0.4 is 9.47 Å². The van der Waals surface area contributed by atoms with Crippen molar-refractivity contribution in [3.05, 3.63) is 42.2 Å². The molecule has 0 aromatic heterocycles. The predicted molar refractivity (Wildman–Crippen MR) is 152 cm³/mol. The van der Waals surface area contributed by atoms with Crippen LogP contribution in [0.1, 0.15) is 26.7 Å². The molecule has 0 fully saturated rings. The highest BCUT2D eigenvalue weighted by Gasteiger charge is 2.35. The van der Waals surface area contributed by atoms with E-state index in [4.69, 9.17) is 9.47 Å². The summed E-state index contributed by atoms with van der Waals surface area (Å²) in [5.74, 6) is 0.306. The SMILES string of the molecule is CCC(Br)(Br)Oc1c(Br)cc(Br)cc1S(=O)(=O)c1cc(Br)cc(Br)c1OC(Br)(Br)CC. The summed E-state index contributed by atoms with van der Waals surface area (Å²) in [6.07, 6.45) is 1.05. The van der Waals surface area contributed by atoms with Crippen molar-refractivity contribution in [3.8, 4) is 11.5 Å². The van der Waals surface area contributed by atoms with Crippen LogP contribution in [0.15, 0.2) is 51.9 Å². The Kier molecular flexibility index (Phi) is 10.6. The van der Waals surface area contributed by atoms with Crippen molar-refractivity contribution in [2.45, 2.75) is 43.3 Å². The maximum Gasteiger partial charge on any atom is 0.217 e. The van der Waals surface area contributed by atoms with E-state index in [-0.39, 0.29) is 21.3 Å². The Bertz CT molecular complexity index is 1010. The normalized spacial score (nSPS) is 12.7. The van der Waals surface area contributed by atoms with E-state index in [9.17, 15) is 8.42 Å². The van der Waals surface area contributed by atoms with Gasteiger partial charge in [-0.3, -0.25) is 0 Å². The number of rotatable bonds is 8. The molecular formula is C18H14Br8O4S. The minimum absolute atomic E-state index is 0.0356. The largest absolute Gasteiger partial charge is 0.464 e. The minimum atomic E-state index is -4.10. The van der Waals surface area contributed by atoms with Crippen LogP contribution in [0, 0.1) is 0 Å². The molecule has 2 aromatic carbocycles. The summed E-state index contributed by atoms with van der Waals surface area (Å²) < 4.78 is 40.0. The lowest BCUT2D eigenvalue weighted by Gasteiger charge is -2.26. The van der Waals surface area contributed by atoms with Crippen molar-refractivity contribution < 1.29 is 17.9 Å². The van der Waals surface area contributed by atoms with E-state index in [1.54, 1.807) is 12.1 Å². The van der Waals surface area contributed by atoms with Gasteiger partial charge >= 0.3 is 0 Å². The van der Waals surface area contributed by atoms with Gasteiger partial charge in [-0.1, -0.05) is 45.7 Å². The Hall–Kier alpha value is 1.83. The molecule has 4 nitrogen and oxygen atoms in total. The van der Waals surface area contributed by atoms with Crippen LogP contribution >= 0.6 is 127 Å². The van der Waals surface area contributed by atoms with Gasteiger partial charge in [0.15, 0.2) is 11.5 Å². The average molecular weight is 966 g/mol. The van der Waals surface area contributed by atoms with Gasteiger partial charge in [-0.25, -0.2) is 8.42 Å². The molecule has 0 heterocycles. The van der Waals surface area contributed by atoms with Crippen molar-refractivity contribution >= 4 is 137 Å². The first-order chi connectivity index (χ1) is 14.1. The molecule has 0 spiro atoms. The molecule has 0 aliphatic rings. The standard InChI is InChI=1S/C18H14Br8O4S/c1-3-17(23,24)29-15-11(21)5-9(19)7-13(15)31(27,28)14-8-10(20)6-12(22)16(14)30-18(25,26)4-2/h5-8H,3-4H2,1-2H3. The van der Waals surface area contributed by atoms with Gasteiger partial charge in [0.25, 0.3) is 0 Å². The maximum absolute atomic E-state index is 13.9. The number of ether oxygens (including phenoxy) is 2. The Morgan fingerprint density at radius 2 is 1.03 bits per heavy atom. The molecule has 31 heavy (non-hydrogen) atoms. The fraction of sp³-hybridized carbons (Fsp3) is 0.333. The Morgan fingerprint density at radius 3 is 1.32 bits per heavy atom. The molecule has 13 heteroatoms. The van der Waals surface area contributed by atoms with E-state index in [0.29, 0.717) is 30.7 Å². The molecule has 2 rings (SSSR count). The first-order valence-electron chi connectivity index (χ1n) is 8.50. The van der Waals surface area contributed by atoms with Gasteiger partial charge in [0.05, 0.1) is 8.95 Å². The van der Waals surface area contributed by atoms with Gasteiger partial charge in [-0.2, -0.15) is 0 Å². The van der Waals surface area contributed by atoms with Crippen LogP contribution in [0.4, 0.5) is 0 Å². The molecule has 0 saturated carbocycles. The summed E-state index contributed by atoms with van der Waals surface area (Å²) in [6, 6.07) is 6.42. The fourth-order valence-electron chi connectivity index (χ4n) is 2.23. The number of benzene rings is 2. The lowest BCUT2D eigenvalue weighted by Crippen LogP contribution is -2.22. The van der Waals surface area contributed by atoms with Crippen LogP contribution in [0.25, 0.3) is 0 Å². The van der Waals surface area contributed by atoms with Crippen molar-refractivity contribution in [1.29, 1.82) is 0 Å². The summed E-state index contributed by atoms with van der Waals surface area (Å²) in [4.78, 5) is -0.0712. The van der Waals surface area contributed by atoms with Gasteiger partial charge < -0.3 is 9.47 Å².